The number of nitrogens with one attached hydrogen (secondary N) is 1. The number of aryl methyl sites for hydroxylation is 2. The number of rotatable bonds is 5. The number of benzene rings is 1. The Morgan fingerprint density at radius 3 is 2.80 bits per heavy atom. The largest absolute Gasteiger partial charge is 0.340 e. The molecular formula is C17H21N5O2S. The molecule has 1 aromatic carbocycles. The Balaban J connectivity index is 1.60. The molecule has 1 saturated heterocycles. The Morgan fingerprint density at radius 2 is 2.12 bits per heavy atom. The number of amides is 2. The lowest BCUT2D eigenvalue weighted by atomic mass is 10.1. The van der Waals surface area contributed by atoms with Crippen LogP contribution >= 0.6 is 11.3 Å². The van der Waals surface area contributed by atoms with E-state index in [1.54, 1.807) is 16.8 Å². The van der Waals surface area contributed by atoms with Crippen LogP contribution in [0.3, 0.4) is 0 Å². The smallest absolute Gasteiger partial charge is 0.243 e. The molecule has 3 rings (SSSR count). The van der Waals surface area contributed by atoms with Crippen LogP contribution in [0.15, 0.2) is 18.2 Å². The van der Waals surface area contributed by atoms with Crippen LogP contribution in [0, 0.1) is 13.8 Å². The highest BCUT2D eigenvalue weighted by Gasteiger charge is 2.25. The molecule has 1 N–H and O–H groups in total. The average Bonchev–Trinajstić information content (AvgIpc) is 3.19. The van der Waals surface area contributed by atoms with Crippen LogP contribution in [0.2, 0.25) is 0 Å². The van der Waals surface area contributed by atoms with Crippen LogP contribution < -0.4 is 15.1 Å². The van der Waals surface area contributed by atoms with Crippen LogP contribution in [0.25, 0.3) is 0 Å². The van der Waals surface area contributed by atoms with Gasteiger partial charge in [0.1, 0.15) is 0 Å². The third-order valence-electron chi connectivity index (χ3n) is 4.21. The van der Waals surface area contributed by atoms with Crippen LogP contribution in [-0.2, 0) is 9.59 Å². The molecule has 0 spiro atoms. The molecular weight excluding hydrogens is 338 g/mol. The van der Waals surface area contributed by atoms with Crippen LogP contribution in [0.1, 0.15) is 24.0 Å². The normalized spacial score (nSPS) is 14.0. The van der Waals surface area contributed by atoms with Crippen LogP contribution in [0.5, 0.6) is 0 Å². The van der Waals surface area contributed by atoms with Gasteiger partial charge in [0.25, 0.3) is 0 Å². The van der Waals surface area contributed by atoms with E-state index in [4.69, 9.17) is 0 Å². The van der Waals surface area contributed by atoms with E-state index in [2.05, 4.69) is 15.5 Å². The minimum absolute atomic E-state index is 0.0813. The van der Waals surface area contributed by atoms with Crippen molar-refractivity contribution in [2.24, 2.45) is 0 Å². The molecule has 1 aromatic heterocycles. The zero-order valence-electron chi connectivity index (χ0n) is 14.6. The fourth-order valence-corrected chi connectivity index (χ4v) is 3.47. The fourth-order valence-electron chi connectivity index (χ4n) is 2.62. The molecule has 132 valence electrons. The minimum Gasteiger partial charge on any atom is -0.340 e. The average molecular weight is 359 g/mol. The Hall–Kier alpha value is -2.48. The fraction of sp³-hybridized carbons (Fsp3) is 0.412. The molecule has 2 amide bonds. The van der Waals surface area contributed by atoms with Crippen LogP contribution in [0.4, 0.5) is 16.0 Å². The summed E-state index contributed by atoms with van der Waals surface area (Å²) in [6, 6.07) is 5.83. The van der Waals surface area contributed by atoms with Crippen molar-refractivity contribution in [2.75, 3.05) is 35.3 Å². The molecule has 0 saturated carbocycles. The number of nitrogens with zero attached hydrogens (tertiary/aromatic N) is 4. The molecule has 0 atom stereocenters. The SMILES string of the molecule is Cc1ccc(NC(=O)CN(C)c2nnc(N3CCCC3=O)s2)cc1C. The van der Waals surface area contributed by atoms with Crippen molar-refractivity contribution in [1.29, 1.82) is 0 Å². The van der Waals surface area contributed by atoms with E-state index >= 15 is 0 Å². The van der Waals surface area contributed by atoms with Crippen molar-refractivity contribution < 1.29 is 9.59 Å². The summed E-state index contributed by atoms with van der Waals surface area (Å²) in [6.45, 7) is 4.90. The van der Waals surface area contributed by atoms with Crippen molar-refractivity contribution in [1.82, 2.24) is 10.2 Å². The summed E-state index contributed by atoms with van der Waals surface area (Å²) in [5.41, 5.74) is 3.10. The van der Waals surface area contributed by atoms with E-state index < -0.39 is 0 Å². The number of hydrogen-bond acceptors (Lipinski definition) is 6. The lowest BCUT2D eigenvalue weighted by molar-refractivity contribution is -0.117. The molecule has 8 heteroatoms. The van der Waals surface area contributed by atoms with E-state index in [-0.39, 0.29) is 18.4 Å². The maximum atomic E-state index is 12.2. The first-order valence-electron chi connectivity index (χ1n) is 8.16. The van der Waals surface area contributed by atoms with Crippen molar-refractivity contribution in [2.45, 2.75) is 26.7 Å². The molecule has 0 aliphatic carbocycles. The van der Waals surface area contributed by atoms with E-state index in [0.29, 0.717) is 23.2 Å². The van der Waals surface area contributed by atoms with Crippen molar-refractivity contribution in [3.63, 3.8) is 0 Å². The zero-order valence-corrected chi connectivity index (χ0v) is 15.4. The van der Waals surface area contributed by atoms with E-state index in [1.165, 1.54) is 16.9 Å². The van der Waals surface area contributed by atoms with Gasteiger partial charge in [0.15, 0.2) is 0 Å². The van der Waals surface area contributed by atoms with Gasteiger partial charge in [0.2, 0.25) is 22.1 Å². The maximum absolute atomic E-state index is 12.2. The molecule has 2 heterocycles. The number of carbonyl (C=O) groups is 2. The molecule has 25 heavy (non-hydrogen) atoms. The second-order valence-corrected chi connectivity index (χ2v) is 7.15. The highest BCUT2D eigenvalue weighted by molar-refractivity contribution is 7.19. The van der Waals surface area contributed by atoms with E-state index in [1.807, 2.05) is 32.0 Å². The minimum atomic E-state index is -0.125. The van der Waals surface area contributed by atoms with Crippen LogP contribution in [-0.4, -0.2) is 42.1 Å². The highest BCUT2D eigenvalue weighted by Crippen LogP contribution is 2.29. The van der Waals surface area contributed by atoms with Gasteiger partial charge < -0.3 is 10.2 Å². The summed E-state index contributed by atoms with van der Waals surface area (Å²) in [7, 11) is 1.79. The molecule has 1 aliphatic heterocycles. The summed E-state index contributed by atoms with van der Waals surface area (Å²) in [5.74, 6) is -0.0439. The van der Waals surface area contributed by atoms with Gasteiger partial charge in [-0.1, -0.05) is 17.4 Å². The Morgan fingerprint density at radius 1 is 1.32 bits per heavy atom. The van der Waals surface area contributed by atoms with E-state index in [0.717, 1.165) is 17.7 Å². The van der Waals surface area contributed by atoms with Gasteiger partial charge in [0.05, 0.1) is 6.54 Å². The summed E-state index contributed by atoms with van der Waals surface area (Å²) in [6.07, 6.45) is 1.41. The Kier molecular flexibility index (Phi) is 4.98. The van der Waals surface area contributed by atoms with Gasteiger partial charge in [-0.05, 0) is 43.5 Å². The van der Waals surface area contributed by atoms with Gasteiger partial charge >= 0.3 is 0 Å². The predicted molar refractivity (Wildman–Crippen MR) is 99.3 cm³/mol. The first-order chi connectivity index (χ1) is 11.9. The summed E-state index contributed by atoms with van der Waals surface area (Å²) < 4.78 is 0. The first-order valence-corrected chi connectivity index (χ1v) is 8.98. The zero-order chi connectivity index (χ0) is 18.0. The van der Waals surface area contributed by atoms with Gasteiger partial charge in [-0.15, -0.1) is 10.2 Å². The number of aromatic nitrogens is 2. The first kappa shape index (κ1) is 17.3. The molecule has 0 radical (unpaired) electrons. The van der Waals surface area contributed by atoms with Crippen molar-refractivity contribution in [3.05, 3.63) is 29.3 Å². The molecule has 7 nitrogen and oxygen atoms in total. The second kappa shape index (κ2) is 7.18. The van der Waals surface area contributed by atoms with Gasteiger partial charge in [-0.2, -0.15) is 0 Å². The van der Waals surface area contributed by atoms with E-state index in [9.17, 15) is 9.59 Å². The van der Waals surface area contributed by atoms with Crippen molar-refractivity contribution in [3.8, 4) is 0 Å². The second-order valence-electron chi connectivity index (χ2n) is 6.22. The topological polar surface area (TPSA) is 78.4 Å². The standard InChI is InChI=1S/C17H21N5O2S/c1-11-6-7-13(9-12(11)2)18-14(23)10-21(3)16-19-20-17(25-16)22-8-4-5-15(22)24/h6-7,9H,4-5,8,10H2,1-3H3,(H,18,23). The molecule has 2 aromatic rings. The van der Waals surface area contributed by atoms with Gasteiger partial charge in [-0.25, -0.2) is 0 Å². The lowest BCUT2D eigenvalue weighted by Crippen LogP contribution is -2.30. The quantitative estimate of drug-likeness (QED) is 0.887. The number of likely N-dealkylation sites (N-methyl/N-ethyl adjacent to an activating group) is 1. The monoisotopic (exact) mass is 359 g/mol. The maximum Gasteiger partial charge on any atom is 0.243 e. The third kappa shape index (κ3) is 3.96. The Bertz CT molecular complexity index is 804. The Labute approximate surface area is 150 Å². The lowest BCUT2D eigenvalue weighted by Gasteiger charge is -2.15. The predicted octanol–water partition coefficient (Wildman–Crippen LogP) is 2.36. The van der Waals surface area contributed by atoms with Gasteiger partial charge in [0, 0.05) is 25.7 Å². The number of anilines is 3. The molecule has 0 unspecified atom stereocenters. The van der Waals surface area contributed by atoms with Gasteiger partial charge in [-0.3, -0.25) is 14.5 Å². The molecule has 1 aliphatic rings. The third-order valence-corrected chi connectivity index (χ3v) is 5.27. The summed E-state index contributed by atoms with van der Waals surface area (Å²) in [4.78, 5) is 27.4. The van der Waals surface area contributed by atoms with Crippen molar-refractivity contribution >= 4 is 39.1 Å². The summed E-state index contributed by atoms with van der Waals surface area (Å²) >= 11 is 1.32. The number of hydrogen-bond donors (Lipinski definition) is 1. The molecule has 1 fully saturated rings. The molecule has 0 bridgehead atoms. The summed E-state index contributed by atoms with van der Waals surface area (Å²) in [5, 5.41) is 12.3. The number of carbonyl (C=O) groups excluding carboxylic acids is 2. The highest BCUT2D eigenvalue weighted by atomic mass is 32.1.